The van der Waals surface area contributed by atoms with Crippen LogP contribution in [-0.4, -0.2) is 59.5 Å². The molecule has 0 atom stereocenters. The highest BCUT2D eigenvalue weighted by molar-refractivity contribution is 5.78. The van der Waals surface area contributed by atoms with Crippen LogP contribution >= 0.6 is 0 Å². The lowest BCUT2D eigenvalue weighted by Crippen LogP contribution is -2.48. The van der Waals surface area contributed by atoms with Gasteiger partial charge in [0.1, 0.15) is 0 Å². The van der Waals surface area contributed by atoms with Crippen LogP contribution in [0.1, 0.15) is 25.7 Å². The van der Waals surface area contributed by atoms with Crippen molar-refractivity contribution in [3.8, 4) is 0 Å². The third kappa shape index (κ3) is 3.43. The van der Waals surface area contributed by atoms with Crippen LogP contribution in [0.15, 0.2) is 0 Å². The summed E-state index contributed by atoms with van der Waals surface area (Å²) in [6.07, 6.45) is 3.21. The molecular formula is C12H20N2O3. The maximum atomic E-state index is 11.7. The van der Waals surface area contributed by atoms with Crippen molar-refractivity contribution in [2.45, 2.75) is 25.7 Å². The summed E-state index contributed by atoms with van der Waals surface area (Å²) in [4.78, 5) is 26.4. The van der Waals surface area contributed by atoms with Crippen molar-refractivity contribution in [2.75, 3.05) is 32.7 Å². The van der Waals surface area contributed by atoms with Crippen LogP contribution in [0.4, 0.5) is 0 Å². The summed E-state index contributed by atoms with van der Waals surface area (Å²) in [5.41, 5.74) is 0. The molecule has 0 aromatic heterocycles. The SMILES string of the molecule is O=C(O)CC1CCN(CC(=O)N2CCC2)CC1. The minimum absolute atomic E-state index is 0.230. The Morgan fingerprint density at radius 2 is 1.76 bits per heavy atom. The van der Waals surface area contributed by atoms with E-state index in [0.29, 0.717) is 12.5 Å². The Bertz CT molecular complexity index is 294. The summed E-state index contributed by atoms with van der Waals surface area (Å²) in [6.45, 7) is 4.05. The van der Waals surface area contributed by atoms with Gasteiger partial charge in [0.05, 0.1) is 6.54 Å². The average Bonchev–Trinajstić information content (AvgIpc) is 2.17. The van der Waals surface area contributed by atoms with Gasteiger partial charge in [-0.25, -0.2) is 0 Å². The van der Waals surface area contributed by atoms with Crippen LogP contribution in [0.5, 0.6) is 0 Å². The minimum atomic E-state index is -0.708. The van der Waals surface area contributed by atoms with Gasteiger partial charge < -0.3 is 10.0 Å². The molecule has 0 spiro atoms. The third-order valence-corrected chi connectivity index (χ3v) is 3.74. The Kier molecular flexibility index (Phi) is 3.99. The lowest BCUT2D eigenvalue weighted by Gasteiger charge is -2.35. The highest BCUT2D eigenvalue weighted by Crippen LogP contribution is 2.20. The first kappa shape index (κ1) is 12.4. The molecule has 96 valence electrons. The van der Waals surface area contributed by atoms with Crippen molar-refractivity contribution in [1.82, 2.24) is 9.80 Å². The molecule has 17 heavy (non-hydrogen) atoms. The number of hydrogen-bond donors (Lipinski definition) is 1. The Morgan fingerprint density at radius 1 is 1.12 bits per heavy atom. The molecule has 0 aromatic rings. The number of amides is 1. The highest BCUT2D eigenvalue weighted by Gasteiger charge is 2.26. The van der Waals surface area contributed by atoms with E-state index in [-0.39, 0.29) is 12.3 Å². The summed E-state index contributed by atoms with van der Waals surface area (Å²) in [6, 6.07) is 0. The second kappa shape index (κ2) is 5.49. The van der Waals surface area contributed by atoms with Crippen molar-refractivity contribution in [3.05, 3.63) is 0 Å². The van der Waals surface area contributed by atoms with E-state index in [1.165, 1.54) is 0 Å². The van der Waals surface area contributed by atoms with E-state index in [1.807, 2.05) is 4.90 Å². The number of hydrogen-bond acceptors (Lipinski definition) is 3. The summed E-state index contributed by atoms with van der Waals surface area (Å²) in [5.74, 6) is -0.184. The Balaban J connectivity index is 1.68. The fraction of sp³-hybridized carbons (Fsp3) is 0.833. The molecule has 2 rings (SSSR count). The smallest absolute Gasteiger partial charge is 0.303 e. The van der Waals surface area contributed by atoms with E-state index in [9.17, 15) is 9.59 Å². The molecule has 2 aliphatic heterocycles. The molecular weight excluding hydrogens is 220 g/mol. The third-order valence-electron chi connectivity index (χ3n) is 3.74. The number of piperidine rings is 1. The van der Waals surface area contributed by atoms with Gasteiger partial charge in [0.2, 0.25) is 5.91 Å². The van der Waals surface area contributed by atoms with Crippen molar-refractivity contribution in [3.63, 3.8) is 0 Å². The van der Waals surface area contributed by atoms with Crippen LogP contribution in [0.25, 0.3) is 0 Å². The molecule has 0 bridgehead atoms. The zero-order valence-corrected chi connectivity index (χ0v) is 10.1. The summed E-state index contributed by atoms with van der Waals surface area (Å²) in [5, 5.41) is 8.71. The molecule has 2 saturated heterocycles. The summed E-state index contributed by atoms with van der Waals surface area (Å²) >= 11 is 0. The molecule has 0 aromatic carbocycles. The zero-order chi connectivity index (χ0) is 12.3. The Labute approximate surface area is 101 Å². The molecule has 5 heteroatoms. The van der Waals surface area contributed by atoms with Gasteiger partial charge in [-0.05, 0) is 38.3 Å². The molecule has 0 aliphatic carbocycles. The van der Waals surface area contributed by atoms with E-state index in [1.54, 1.807) is 0 Å². The van der Waals surface area contributed by atoms with E-state index in [0.717, 1.165) is 45.4 Å². The summed E-state index contributed by atoms with van der Waals surface area (Å²) in [7, 11) is 0. The molecule has 2 heterocycles. The maximum Gasteiger partial charge on any atom is 0.303 e. The van der Waals surface area contributed by atoms with Gasteiger partial charge in [-0.2, -0.15) is 0 Å². The highest BCUT2D eigenvalue weighted by atomic mass is 16.4. The molecule has 1 amide bonds. The topological polar surface area (TPSA) is 60.9 Å². The standard InChI is InChI=1S/C12H20N2O3/c15-11(14-4-1-5-14)9-13-6-2-10(3-7-13)8-12(16)17/h10H,1-9H2,(H,16,17). The number of nitrogens with zero attached hydrogens (tertiary/aromatic N) is 2. The minimum Gasteiger partial charge on any atom is -0.481 e. The number of carbonyl (C=O) groups is 2. The fourth-order valence-corrected chi connectivity index (χ4v) is 2.45. The van der Waals surface area contributed by atoms with Crippen molar-refractivity contribution in [1.29, 1.82) is 0 Å². The maximum absolute atomic E-state index is 11.7. The Hall–Kier alpha value is -1.10. The van der Waals surface area contributed by atoms with Crippen molar-refractivity contribution >= 4 is 11.9 Å². The van der Waals surface area contributed by atoms with E-state index >= 15 is 0 Å². The number of aliphatic carboxylic acids is 1. The van der Waals surface area contributed by atoms with Crippen LogP contribution < -0.4 is 0 Å². The average molecular weight is 240 g/mol. The predicted molar refractivity (Wildman–Crippen MR) is 62.6 cm³/mol. The van der Waals surface area contributed by atoms with Gasteiger partial charge in [-0.3, -0.25) is 14.5 Å². The number of carboxylic acids is 1. The fourth-order valence-electron chi connectivity index (χ4n) is 2.45. The summed E-state index contributed by atoms with van der Waals surface area (Å²) < 4.78 is 0. The van der Waals surface area contributed by atoms with Crippen molar-refractivity contribution in [2.24, 2.45) is 5.92 Å². The molecule has 2 aliphatic rings. The van der Waals surface area contributed by atoms with Crippen LogP contribution in [0.3, 0.4) is 0 Å². The van der Waals surface area contributed by atoms with Gasteiger partial charge in [0.15, 0.2) is 0 Å². The second-order valence-corrected chi connectivity index (χ2v) is 5.05. The Morgan fingerprint density at radius 3 is 2.24 bits per heavy atom. The van der Waals surface area contributed by atoms with Crippen molar-refractivity contribution < 1.29 is 14.7 Å². The van der Waals surface area contributed by atoms with Gasteiger partial charge in [-0.15, -0.1) is 0 Å². The molecule has 0 radical (unpaired) electrons. The number of likely N-dealkylation sites (tertiary alicyclic amines) is 2. The number of rotatable bonds is 4. The van der Waals surface area contributed by atoms with Gasteiger partial charge in [-0.1, -0.05) is 0 Å². The van der Waals surface area contributed by atoms with Gasteiger partial charge in [0, 0.05) is 19.5 Å². The van der Waals surface area contributed by atoms with Crippen LogP contribution in [0, 0.1) is 5.92 Å². The lowest BCUT2D eigenvalue weighted by atomic mass is 9.93. The second-order valence-electron chi connectivity index (χ2n) is 5.05. The van der Waals surface area contributed by atoms with E-state index < -0.39 is 5.97 Å². The van der Waals surface area contributed by atoms with E-state index in [2.05, 4.69) is 4.90 Å². The number of carboxylic acid groups (broad SMARTS) is 1. The normalized spacial score (nSPS) is 22.2. The monoisotopic (exact) mass is 240 g/mol. The van der Waals surface area contributed by atoms with Gasteiger partial charge in [0.25, 0.3) is 0 Å². The quantitative estimate of drug-likeness (QED) is 0.773. The predicted octanol–water partition coefficient (Wildman–Crippen LogP) is 0.405. The van der Waals surface area contributed by atoms with Gasteiger partial charge >= 0.3 is 5.97 Å². The molecule has 5 nitrogen and oxygen atoms in total. The zero-order valence-electron chi connectivity index (χ0n) is 10.1. The molecule has 0 saturated carbocycles. The van der Waals surface area contributed by atoms with E-state index in [4.69, 9.17) is 5.11 Å². The van der Waals surface area contributed by atoms with Crippen LogP contribution in [0.2, 0.25) is 0 Å². The number of carbonyl (C=O) groups excluding carboxylic acids is 1. The van der Waals surface area contributed by atoms with Crippen LogP contribution in [-0.2, 0) is 9.59 Å². The lowest BCUT2D eigenvalue weighted by molar-refractivity contribution is -0.139. The molecule has 2 fully saturated rings. The molecule has 0 unspecified atom stereocenters. The largest absolute Gasteiger partial charge is 0.481 e. The molecule has 1 N–H and O–H groups in total. The first-order valence-corrected chi connectivity index (χ1v) is 6.37. The first-order chi connectivity index (χ1) is 8.15. The first-order valence-electron chi connectivity index (χ1n) is 6.37.